The molecule has 0 unspecified atom stereocenters. The highest BCUT2D eigenvalue weighted by molar-refractivity contribution is 6.31. The number of amides is 1. The number of carbonyl (C=O) groups is 1. The minimum absolute atomic E-state index is 0.116. The lowest BCUT2D eigenvalue weighted by Gasteiger charge is -2.08. The van der Waals surface area contributed by atoms with Crippen LogP contribution in [0.15, 0.2) is 46.9 Å². The highest BCUT2D eigenvalue weighted by Gasteiger charge is 2.17. The van der Waals surface area contributed by atoms with Crippen LogP contribution >= 0.6 is 11.6 Å². The molecule has 0 atom stereocenters. The van der Waals surface area contributed by atoms with Crippen LogP contribution in [-0.4, -0.2) is 20.7 Å². The van der Waals surface area contributed by atoms with Gasteiger partial charge >= 0.3 is 0 Å². The molecule has 0 spiro atoms. The third-order valence-corrected chi connectivity index (χ3v) is 6.01. The lowest BCUT2D eigenvalue weighted by molar-refractivity contribution is -0.115. The molecule has 1 amide bonds. The van der Waals surface area contributed by atoms with Crippen molar-refractivity contribution < 1.29 is 9.21 Å². The molecule has 0 saturated carbocycles. The summed E-state index contributed by atoms with van der Waals surface area (Å²) < 4.78 is 7.53. The van der Waals surface area contributed by atoms with E-state index in [-0.39, 0.29) is 12.3 Å². The van der Waals surface area contributed by atoms with Crippen molar-refractivity contribution >= 4 is 23.2 Å². The smallest absolute Gasteiger partial charge is 0.228 e. The first-order chi connectivity index (χ1) is 15.2. The summed E-state index contributed by atoms with van der Waals surface area (Å²) in [5.74, 6) is 1.21. The Morgan fingerprint density at radius 1 is 1.06 bits per heavy atom. The number of benzene rings is 2. The molecule has 1 N–H and O–H groups in total. The predicted molar refractivity (Wildman–Crippen MR) is 127 cm³/mol. The summed E-state index contributed by atoms with van der Waals surface area (Å²) in [6.45, 7) is 9.62. The summed E-state index contributed by atoms with van der Waals surface area (Å²) in [6.07, 6.45) is 0.221. The van der Waals surface area contributed by atoms with E-state index in [4.69, 9.17) is 16.0 Å². The Morgan fingerprint density at radius 2 is 1.84 bits per heavy atom. The van der Waals surface area contributed by atoms with Gasteiger partial charge in [0.05, 0.1) is 23.5 Å². The zero-order valence-corrected chi connectivity index (χ0v) is 19.5. The second-order valence-electron chi connectivity index (χ2n) is 7.96. The van der Waals surface area contributed by atoms with Crippen LogP contribution in [0.4, 0.5) is 5.69 Å². The molecule has 0 fully saturated rings. The van der Waals surface area contributed by atoms with Crippen LogP contribution in [0.5, 0.6) is 0 Å². The molecule has 2 aromatic carbocycles. The van der Waals surface area contributed by atoms with Gasteiger partial charge in [-0.25, -0.2) is 9.67 Å². The summed E-state index contributed by atoms with van der Waals surface area (Å²) in [4.78, 5) is 17.3. The zero-order chi connectivity index (χ0) is 23.0. The lowest BCUT2D eigenvalue weighted by atomic mass is 10.1. The van der Waals surface area contributed by atoms with E-state index >= 15 is 0 Å². The van der Waals surface area contributed by atoms with Gasteiger partial charge in [0.1, 0.15) is 5.76 Å². The minimum Gasteiger partial charge on any atom is -0.441 e. The van der Waals surface area contributed by atoms with Crippen LogP contribution < -0.4 is 5.32 Å². The Kier molecular flexibility index (Phi) is 5.89. The molecular formula is C25H25ClN4O2. The highest BCUT2D eigenvalue weighted by Crippen LogP contribution is 2.25. The second-order valence-corrected chi connectivity index (χ2v) is 8.37. The van der Waals surface area contributed by atoms with Crippen LogP contribution in [0, 0.1) is 34.6 Å². The fourth-order valence-electron chi connectivity index (χ4n) is 3.59. The largest absolute Gasteiger partial charge is 0.441 e. The molecule has 0 saturated heterocycles. The van der Waals surface area contributed by atoms with E-state index in [1.165, 1.54) is 0 Å². The first kappa shape index (κ1) is 21.8. The topological polar surface area (TPSA) is 73.0 Å². The fraction of sp³-hybridized carbons (Fsp3) is 0.240. The lowest BCUT2D eigenvalue weighted by Crippen LogP contribution is -2.15. The van der Waals surface area contributed by atoms with E-state index < -0.39 is 0 Å². The number of nitrogens with zero attached hydrogens (tertiary/aromatic N) is 3. The molecular weight excluding hydrogens is 424 g/mol. The van der Waals surface area contributed by atoms with Gasteiger partial charge in [-0.1, -0.05) is 23.7 Å². The number of hydrogen-bond donors (Lipinski definition) is 1. The molecule has 0 radical (unpaired) electrons. The average Bonchev–Trinajstić information content (AvgIpc) is 3.23. The third kappa shape index (κ3) is 4.32. The molecule has 2 heterocycles. The number of aryl methyl sites for hydroxylation is 4. The minimum atomic E-state index is -0.116. The van der Waals surface area contributed by atoms with Gasteiger partial charge < -0.3 is 9.73 Å². The van der Waals surface area contributed by atoms with Crippen molar-refractivity contribution in [3.05, 3.63) is 81.5 Å². The van der Waals surface area contributed by atoms with E-state index in [2.05, 4.69) is 15.4 Å². The van der Waals surface area contributed by atoms with Gasteiger partial charge in [-0.3, -0.25) is 4.79 Å². The third-order valence-electron chi connectivity index (χ3n) is 5.60. The predicted octanol–water partition coefficient (Wildman–Crippen LogP) is 5.90. The SMILES string of the molecule is Cc1ccc(-n2nc(C)c(CC(=O)Nc3cccc(-c4nc(C)c(C)o4)c3)c2C)cc1Cl. The fourth-order valence-corrected chi connectivity index (χ4v) is 3.76. The van der Waals surface area contributed by atoms with Crippen LogP contribution in [0.25, 0.3) is 17.1 Å². The van der Waals surface area contributed by atoms with Crippen LogP contribution in [0.3, 0.4) is 0 Å². The van der Waals surface area contributed by atoms with Crippen LogP contribution in [0.1, 0.15) is 34.0 Å². The van der Waals surface area contributed by atoms with Crippen molar-refractivity contribution in [1.29, 1.82) is 0 Å². The number of halogens is 1. The summed E-state index contributed by atoms with van der Waals surface area (Å²) >= 11 is 6.29. The van der Waals surface area contributed by atoms with E-state index in [9.17, 15) is 4.79 Å². The monoisotopic (exact) mass is 448 g/mol. The van der Waals surface area contributed by atoms with Crippen LogP contribution in [-0.2, 0) is 11.2 Å². The zero-order valence-electron chi connectivity index (χ0n) is 18.8. The van der Waals surface area contributed by atoms with Gasteiger partial charge in [-0.05, 0) is 70.5 Å². The van der Waals surface area contributed by atoms with Gasteiger partial charge in [0.2, 0.25) is 11.8 Å². The molecule has 4 rings (SSSR count). The van der Waals surface area contributed by atoms with E-state index in [1.807, 2.05) is 81.8 Å². The van der Waals surface area contributed by atoms with Gasteiger partial charge in [-0.15, -0.1) is 0 Å². The molecule has 4 aromatic rings. The second kappa shape index (κ2) is 8.63. The van der Waals surface area contributed by atoms with Crippen molar-refractivity contribution in [1.82, 2.24) is 14.8 Å². The molecule has 6 nitrogen and oxygen atoms in total. The van der Waals surface area contributed by atoms with Crippen molar-refractivity contribution in [3.63, 3.8) is 0 Å². The summed E-state index contributed by atoms with van der Waals surface area (Å²) in [5, 5.41) is 8.29. The van der Waals surface area contributed by atoms with Crippen molar-refractivity contribution in [2.45, 2.75) is 41.0 Å². The molecule has 0 aliphatic carbocycles. The van der Waals surface area contributed by atoms with E-state index in [1.54, 1.807) is 0 Å². The summed E-state index contributed by atoms with van der Waals surface area (Å²) in [5.41, 5.74) is 6.86. The summed E-state index contributed by atoms with van der Waals surface area (Å²) in [7, 11) is 0. The molecule has 2 aromatic heterocycles. The number of aromatic nitrogens is 3. The molecule has 164 valence electrons. The first-order valence-corrected chi connectivity index (χ1v) is 10.8. The van der Waals surface area contributed by atoms with Crippen LogP contribution in [0.2, 0.25) is 5.02 Å². The highest BCUT2D eigenvalue weighted by atomic mass is 35.5. The number of carbonyl (C=O) groups excluding carboxylic acids is 1. The number of rotatable bonds is 5. The number of hydrogen-bond acceptors (Lipinski definition) is 4. The Bertz CT molecular complexity index is 1300. The Balaban J connectivity index is 1.53. The maximum Gasteiger partial charge on any atom is 0.228 e. The van der Waals surface area contributed by atoms with Gasteiger partial charge in [0.15, 0.2) is 0 Å². The maximum atomic E-state index is 12.8. The number of anilines is 1. The van der Waals surface area contributed by atoms with E-state index in [0.29, 0.717) is 16.6 Å². The number of oxazole rings is 1. The average molecular weight is 449 g/mol. The Labute approximate surface area is 192 Å². The van der Waals surface area contributed by atoms with Crippen molar-refractivity contribution in [3.8, 4) is 17.1 Å². The molecule has 0 bridgehead atoms. The Morgan fingerprint density at radius 3 is 2.53 bits per heavy atom. The number of nitrogens with one attached hydrogen (secondary N) is 1. The quantitative estimate of drug-likeness (QED) is 0.412. The molecule has 32 heavy (non-hydrogen) atoms. The molecule has 0 aliphatic heterocycles. The van der Waals surface area contributed by atoms with Gasteiger partial charge in [0, 0.05) is 27.5 Å². The van der Waals surface area contributed by atoms with Crippen molar-refractivity contribution in [2.24, 2.45) is 0 Å². The van der Waals surface area contributed by atoms with E-state index in [0.717, 1.165) is 45.2 Å². The molecule has 7 heteroatoms. The van der Waals surface area contributed by atoms with Crippen molar-refractivity contribution in [2.75, 3.05) is 5.32 Å². The van der Waals surface area contributed by atoms with Gasteiger partial charge in [-0.2, -0.15) is 5.10 Å². The maximum absolute atomic E-state index is 12.8. The normalized spacial score (nSPS) is 11.1. The first-order valence-electron chi connectivity index (χ1n) is 10.4. The summed E-state index contributed by atoms with van der Waals surface area (Å²) in [6, 6.07) is 13.3. The van der Waals surface area contributed by atoms with Gasteiger partial charge in [0.25, 0.3) is 0 Å². The Hall–Kier alpha value is -3.38. The molecule has 0 aliphatic rings. The standard InChI is InChI=1S/C25H25ClN4O2/c1-14-9-10-21(12-23(14)26)30-17(4)22(16(3)29-30)13-24(31)28-20-8-6-7-19(11-20)25-27-15(2)18(5)32-25/h6-12H,13H2,1-5H3,(H,28,31).